The van der Waals surface area contributed by atoms with E-state index in [1.54, 1.807) is 19.4 Å². The van der Waals surface area contributed by atoms with Crippen LogP contribution < -0.4 is 4.74 Å². The van der Waals surface area contributed by atoms with Gasteiger partial charge in [-0.1, -0.05) is 17.3 Å². The van der Waals surface area contributed by atoms with Crippen molar-refractivity contribution in [2.45, 2.75) is 6.42 Å². The zero-order chi connectivity index (χ0) is 14.7. The summed E-state index contributed by atoms with van der Waals surface area (Å²) in [6.07, 6.45) is 2.09. The summed E-state index contributed by atoms with van der Waals surface area (Å²) in [5, 5.41) is 13.6. The summed E-state index contributed by atoms with van der Waals surface area (Å²) in [5.74, 6) is 1.54. The topological polar surface area (TPSA) is 81.3 Å². The molecule has 0 aliphatic heterocycles. The molecule has 0 amide bonds. The number of rotatable bonds is 4. The van der Waals surface area contributed by atoms with Crippen molar-refractivity contribution < 1.29 is 14.4 Å². The summed E-state index contributed by atoms with van der Waals surface area (Å²) in [4.78, 5) is 8.28. The Morgan fingerprint density at radius 2 is 2.00 bits per heavy atom. The highest BCUT2D eigenvalue weighted by atomic mass is 16.5. The molecule has 1 aromatic carbocycles. The summed E-state index contributed by atoms with van der Waals surface area (Å²) in [6, 6.07) is 10.8. The first kappa shape index (κ1) is 13.1. The number of ether oxygens (including phenoxy) is 1. The fraction of sp³-hybridized carbons (Fsp3) is 0.133. The number of hydrogen-bond donors (Lipinski definition) is 1. The maximum Gasteiger partial charge on any atom is 0.280 e. The van der Waals surface area contributed by atoms with E-state index in [0.717, 1.165) is 11.3 Å². The maximum atomic E-state index is 9.72. The number of pyridine rings is 1. The van der Waals surface area contributed by atoms with Gasteiger partial charge in [-0.15, -0.1) is 0 Å². The lowest BCUT2D eigenvalue weighted by atomic mass is 10.1. The molecule has 21 heavy (non-hydrogen) atoms. The Kier molecular flexibility index (Phi) is 3.51. The average molecular weight is 283 g/mol. The molecule has 6 nitrogen and oxygen atoms in total. The molecule has 0 aliphatic rings. The Morgan fingerprint density at radius 1 is 1.19 bits per heavy atom. The predicted molar refractivity (Wildman–Crippen MR) is 75.0 cm³/mol. The highest BCUT2D eigenvalue weighted by Gasteiger charge is 2.14. The molecule has 0 bridgehead atoms. The lowest BCUT2D eigenvalue weighted by Gasteiger charge is -2.00. The van der Waals surface area contributed by atoms with Crippen LogP contribution in [0.4, 0.5) is 0 Å². The summed E-state index contributed by atoms with van der Waals surface area (Å²) in [5.41, 5.74) is 1.32. The van der Waals surface area contributed by atoms with Gasteiger partial charge in [0.05, 0.1) is 7.11 Å². The predicted octanol–water partition coefficient (Wildman–Crippen LogP) is 2.44. The van der Waals surface area contributed by atoms with Gasteiger partial charge in [0.25, 0.3) is 5.89 Å². The smallest absolute Gasteiger partial charge is 0.280 e. The summed E-state index contributed by atoms with van der Waals surface area (Å²) < 4.78 is 10.2. The minimum Gasteiger partial charge on any atom is -0.505 e. The normalized spacial score (nSPS) is 10.5. The van der Waals surface area contributed by atoms with E-state index in [4.69, 9.17) is 9.26 Å². The molecule has 1 N–H and O–H groups in total. The first-order chi connectivity index (χ1) is 10.3. The van der Waals surface area contributed by atoms with Crippen molar-refractivity contribution in [3.8, 4) is 23.1 Å². The van der Waals surface area contributed by atoms with Crippen LogP contribution in [0.25, 0.3) is 11.6 Å². The van der Waals surface area contributed by atoms with Gasteiger partial charge < -0.3 is 14.4 Å². The third kappa shape index (κ3) is 2.84. The highest BCUT2D eigenvalue weighted by Crippen LogP contribution is 2.24. The molecule has 0 fully saturated rings. The van der Waals surface area contributed by atoms with Gasteiger partial charge in [0.1, 0.15) is 11.5 Å². The van der Waals surface area contributed by atoms with Crippen LogP contribution in [-0.2, 0) is 6.42 Å². The monoisotopic (exact) mass is 283 g/mol. The van der Waals surface area contributed by atoms with E-state index in [1.165, 1.54) is 6.07 Å². The first-order valence-electron chi connectivity index (χ1n) is 6.36. The Morgan fingerprint density at radius 3 is 2.71 bits per heavy atom. The number of benzene rings is 1. The second-order valence-corrected chi connectivity index (χ2v) is 4.41. The first-order valence-corrected chi connectivity index (χ1v) is 6.36. The number of methoxy groups -OCH3 is 1. The standard InChI is InChI=1S/C15H13N3O3/c1-20-11-6-4-10(5-7-11)9-13-17-15(21-18-13)14-12(19)3-2-8-16-14/h2-8,19H,9H2,1H3. The molecule has 3 rings (SSSR count). The van der Waals surface area contributed by atoms with Crippen LogP contribution in [0.3, 0.4) is 0 Å². The molecule has 0 spiro atoms. The van der Waals surface area contributed by atoms with Crippen molar-refractivity contribution in [1.29, 1.82) is 0 Å². The summed E-state index contributed by atoms with van der Waals surface area (Å²) >= 11 is 0. The van der Waals surface area contributed by atoms with E-state index in [0.29, 0.717) is 12.2 Å². The van der Waals surface area contributed by atoms with Gasteiger partial charge in [-0.25, -0.2) is 4.98 Å². The lowest BCUT2D eigenvalue weighted by molar-refractivity contribution is 0.414. The van der Waals surface area contributed by atoms with E-state index < -0.39 is 0 Å². The van der Waals surface area contributed by atoms with Crippen LogP contribution in [0, 0.1) is 0 Å². The van der Waals surface area contributed by atoms with Crippen LogP contribution in [0.15, 0.2) is 47.1 Å². The summed E-state index contributed by atoms with van der Waals surface area (Å²) in [6.45, 7) is 0. The average Bonchev–Trinajstić information content (AvgIpc) is 2.97. The minimum absolute atomic E-state index is 0.0112. The van der Waals surface area contributed by atoms with Crippen molar-refractivity contribution >= 4 is 0 Å². The van der Waals surface area contributed by atoms with Crippen LogP contribution in [0.2, 0.25) is 0 Å². The number of hydrogen-bond acceptors (Lipinski definition) is 6. The fourth-order valence-electron chi connectivity index (χ4n) is 1.91. The zero-order valence-corrected chi connectivity index (χ0v) is 11.4. The molecule has 2 heterocycles. The molecule has 3 aromatic rings. The fourth-order valence-corrected chi connectivity index (χ4v) is 1.91. The molecule has 0 atom stereocenters. The van der Waals surface area contributed by atoms with Crippen molar-refractivity contribution in [3.05, 3.63) is 54.0 Å². The quantitative estimate of drug-likeness (QED) is 0.792. The van der Waals surface area contributed by atoms with Crippen molar-refractivity contribution in [2.24, 2.45) is 0 Å². The molecular formula is C15H13N3O3. The maximum absolute atomic E-state index is 9.72. The molecule has 2 aromatic heterocycles. The number of nitrogens with zero attached hydrogens (tertiary/aromatic N) is 3. The highest BCUT2D eigenvalue weighted by molar-refractivity contribution is 5.55. The minimum atomic E-state index is 0.0112. The second kappa shape index (κ2) is 5.62. The van der Waals surface area contributed by atoms with Gasteiger partial charge in [0, 0.05) is 12.6 Å². The largest absolute Gasteiger partial charge is 0.505 e. The van der Waals surface area contributed by atoms with Crippen molar-refractivity contribution in [1.82, 2.24) is 15.1 Å². The number of aromatic nitrogens is 3. The van der Waals surface area contributed by atoms with Crippen molar-refractivity contribution in [3.63, 3.8) is 0 Å². The van der Waals surface area contributed by atoms with Crippen molar-refractivity contribution in [2.75, 3.05) is 7.11 Å². The van der Waals surface area contributed by atoms with E-state index in [1.807, 2.05) is 24.3 Å². The second-order valence-electron chi connectivity index (χ2n) is 4.41. The van der Waals surface area contributed by atoms with Gasteiger partial charge in [-0.05, 0) is 29.8 Å². The van der Waals surface area contributed by atoms with Gasteiger partial charge in [0.2, 0.25) is 0 Å². The van der Waals surface area contributed by atoms with E-state index >= 15 is 0 Å². The van der Waals surface area contributed by atoms with Crippen LogP contribution in [-0.4, -0.2) is 27.3 Å². The van der Waals surface area contributed by atoms with Crippen LogP contribution >= 0.6 is 0 Å². The molecule has 0 unspecified atom stereocenters. The van der Waals surface area contributed by atoms with E-state index in [-0.39, 0.29) is 17.3 Å². The van der Waals surface area contributed by atoms with Gasteiger partial charge in [-0.2, -0.15) is 4.98 Å². The molecule has 0 aliphatic carbocycles. The Hall–Kier alpha value is -2.89. The molecule has 0 saturated carbocycles. The van der Waals surface area contributed by atoms with Crippen LogP contribution in [0.1, 0.15) is 11.4 Å². The lowest BCUT2D eigenvalue weighted by Crippen LogP contribution is -1.91. The zero-order valence-electron chi connectivity index (χ0n) is 11.4. The Balaban J connectivity index is 1.80. The third-order valence-electron chi connectivity index (χ3n) is 2.98. The van der Waals surface area contributed by atoms with Gasteiger partial charge in [0.15, 0.2) is 11.5 Å². The molecular weight excluding hydrogens is 270 g/mol. The third-order valence-corrected chi connectivity index (χ3v) is 2.98. The Labute approximate surface area is 121 Å². The van der Waals surface area contributed by atoms with E-state index in [2.05, 4.69) is 15.1 Å². The molecule has 0 saturated heterocycles. The van der Waals surface area contributed by atoms with E-state index in [9.17, 15) is 5.11 Å². The number of aromatic hydroxyl groups is 1. The van der Waals surface area contributed by atoms with Crippen LogP contribution in [0.5, 0.6) is 11.5 Å². The molecule has 106 valence electrons. The molecule has 6 heteroatoms. The molecule has 0 radical (unpaired) electrons. The van der Waals surface area contributed by atoms with Gasteiger partial charge >= 0.3 is 0 Å². The summed E-state index contributed by atoms with van der Waals surface area (Å²) in [7, 11) is 1.62. The SMILES string of the molecule is COc1ccc(Cc2noc(-c3ncccc3O)n2)cc1. The Bertz CT molecular complexity index is 738. The van der Waals surface area contributed by atoms with Gasteiger partial charge in [-0.3, -0.25) is 0 Å².